The summed E-state index contributed by atoms with van der Waals surface area (Å²) in [6.45, 7) is 2.32. The molecule has 0 bridgehead atoms. The molecule has 1 heterocycles. The second-order valence-corrected chi connectivity index (χ2v) is 5.78. The average Bonchev–Trinajstić information content (AvgIpc) is 2.73. The van der Waals surface area contributed by atoms with Crippen molar-refractivity contribution in [2.75, 3.05) is 37.9 Å². The van der Waals surface area contributed by atoms with E-state index in [9.17, 15) is 4.79 Å². The highest BCUT2D eigenvalue weighted by atomic mass is 16.5. The Hall–Kier alpha value is -2.53. The minimum Gasteiger partial charge on any atom is -0.495 e. The molecule has 0 unspecified atom stereocenters. The molecular formula is C18H21N3O2. The van der Waals surface area contributed by atoms with Crippen molar-refractivity contribution in [3.05, 3.63) is 53.6 Å². The summed E-state index contributed by atoms with van der Waals surface area (Å²) in [7, 11) is 3.62. The molecule has 0 saturated carbocycles. The first-order chi connectivity index (χ1) is 11.1. The van der Waals surface area contributed by atoms with Crippen molar-refractivity contribution in [1.29, 1.82) is 0 Å². The molecule has 0 spiro atoms. The molecule has 5 nitrogen and oxygen atoms in total. The lowest BCUT2D eigenvalue weighted by molar-refractivity contribution is 0.0985. The number of hydrogen-bond acceptors (Lipinski definition) is 4. The Morgan fingerprint density at radius 2 is 1.96 bits per heavy atom. The van der Waals surface area contributed by atoms with Crippen LogP contribution >= 0.6 is 0 Å². The van der Waals surface area contributed by atoms with E-state index in [-0.39, 0.29) is 5.91 Å². The van der Waals surface area contributed by atoms with Crippen molar-refractivity contribution in [2.24, 2.45) is 0 Å². The second kappa shape index (κ2) is 6.30. The summed E-state index contributed by atoms with van der Waals surface area (Å²) in [5.74, 6) is 0.488. The Bertz CT molecular complexity index is 730. The number of carbonyl (C=O) groups excluding carboxylic acids is 1. The van der Waals surface area contributed by atoms with E-state index in [1.54, 1.807) is 25.3 Å². The SMILES string of the molecule is COc1cc(C(=O)N2CCN(C)Cc3ccccc32)ccc1N. The number of hydrogen-bond donors (Lipinski definition) is 1. The quantitative estimate of drug-likeness (QED) is 0.865. The van der Waals surface area contributed by atoms with E-state index >= 15 is 0 Å². The maximum absolute atomic E-state index is 13.0. The molecule has 2 aromatic carbocycles. The van der Waals surface area contributed by atoms with Crippen LogP contribution in [0.5, 0.6) is 5.75 Å². The van der Waals surface area contributed by atoms with E-state index in [0.29, 0.717) is 23.5 Å². The lowest BCUT2D eigenvalue weighted by Crippen LogP contribution is -2.35. The fraction of sp³-hybridized carbons (Fsp3) is 0.278. The van der Waals surface area contributed by atoms with Crippen LogP contribution in [0.2, 0.25) is 0 Å². The van der Waals surface area contributed by atoms with Gasteiger partial charge in [-0.1, -0.05) is 18.2 Å². The van der Waals surface area contributed by atoms with Gasteiger partial charge in [0.25, 0.3) is 5.91 Å². The Labute approximate surface area is 136 Å². The van der Waals surface area contributed by atoms with Crippen LogP contribution in [0, 0.1) is 0 Å². The minimum absolute atomic E-state index is 0.0361. The number of nitrogens with two attached hydrogens (primary N) is 1. The summed E-state index contributed by atoms with van der Waals surface area (Å²) >= 11 is 0. The molecule has 1 amide bonds. The maximum atomic E-state index is 13.0. The van der Waals surface area contributed by atoms with Crippen LogP contribution in [0.1, 0.15) is 15.9 Å². The molecule has 1 aliphatic heterocycles. The maximum Gasteiger partial charge on any atom is 0.258 e. The Balaban J connectivity index is 1.99. The van der Waals surface area contributed by atoms with Gasteiger partial charge >= 0.3 is 0 Å². The first-order valence-corrected chi connectivity index (χ1v) is 7.62. The number of amides is 1. The molecule has 23 heavy (non-hydrogen) atoms. The van der Waals surface area contributed by atoms with Crippen molar-refractivity contribution in [3.63, 3.8) is 0 Å². The van der Waals surface area contributed by atoms with Gasteiger partial charge in [-0.2, -0.15) is 0 Å². The molecule has 120 valence electrons. The third kappa shape index (κ3) is 3.00. The zero-order valence-corrected chi connectivity index (χ0v) is 13.5. The van der Waals surface area contributed by atoms with Crippen LogP contribution in [0.4, 0.5) is 11.4 Å². The van der Waals surface area contributed by atoms with Gasteiger partial charge in [0.05, 0.1) is 12.8 Å². The summed E-state index contributed by atoms with van der Waals surface area (Å²) < 4.78 is 5.23. The van der Waals surface area contributed by atoms with E-state index < -0.39 is 0 Å². The Morgan fingerprint density at radius 1 is 1.17 bits per heavy atom. The fourth-order valence-electron chi connectivity index (χ4n) is 2.88. The average molecular weight is 311 g/mol. The molecule has 2 aromatic rings. The number of carbonyl (C=O) groups is 1. The number of benzene rings is 2. The van der Waals surface area contributed by atoms with Crippen molar-refractivity contribution in [1.82, 2.24) is 4.90 Å². The number of methoxy groups -OCH3 is 1. The number of nitrogens with zero attached hydrogens (tertiary/aromatic N) is 2. The van der Waals surface area contributed by atoms with Crippen LogP contribution in [0.3, 0.4) is 0 Å². The Kier molecular flexibility index (Phi) is 4.21. The van der Waals surface area contributed by atoms with E-state index in [0.717, 1.165) is 24.3 Å². The highest BCUT2D eigenvalue weighted by Crippen LogP contribution is 2.28. The molecule has 0 atom stereocenters. The summed E-state index contributed by atoms with van der Waals surface area (Å²) in [5.41, 5.74) is 9.07. The van der Waals surface area contributed by atoms with E-state index in [2.05, 4.69) is 18.0 Å². The van der Waals surface area contributed by atoms with Crippen molar-refractivity contribution in [3.8, 4) is 5.75 Å². The molecular weight excluding hydrogens is 290 g/mol. The zero-order chi connectivity index (χ0) is 16.4. The number of ether oxygens (including phenoxy) is 1. The largest absolute Gasteiger partial charge is 0.495 e. The minimum atomic E-state index is -0.0361. The van der Waals surface area contributed by atoms with E-state index in [1.165, 1.54) is 0 Å². The van der Waals surface area contributed by atoms with Crippen molar-refractivity contribution < 1.29 is 9.53 Å². The number of likely N-dealkylation sites (N-methyl/N-ethyl adjacent to an activating group) is 1. The van der Waals surface area contributed by atoms with E-state index in [1.807, 2.05) is 23.1 Å². The predicted octanol–water partition coefficient (Wildman–Crippen LogP) is 2.37. The van der Waals surface area contributed by atoms with Crippen LogP contribution in [0.15, 0.2) is 42.5 Å². The van der Waals surface area contributed by atoms with Gasteiger partial charge in [-0.25, -0.2) is 0 Å². The van der Waals surface area contributed by atoms with Gasteiger partial charge in [-0.15, -0.1) is 0 Å². The standard InChI is InChI=1S/C18H21N3O2/c1-20-9-10-21(16-6-4-3-5-14(16)12-20)18(22)13-7-8-15(19)17(11-13)23-2/h3-8,11H,9-10,12,19H2,1-2H3. The first kappa shape index (κ1) is 15.4. The predicted molar refractivity (Wildman–Crippen MR) is 91.9 cm³/mol. The van der Waals surface area contributed by atoms with Crippen LogP contribution < -0.4 is 15.4 Å². The van der Waals surface area contributed by atoms with Gasteiger partial charge in [-0.3, -0.25) is 4.79 Å². The summed E-state index contributed by atoms with van der Waals surface area (Å²) in [6.07, 6.45) is 0. The monoisotopic (exact) mass is 311 g/mol. The van der Waals surface area contributed by atoms with Crippen LogP contribution in [0.25, 0.3) is 0 Å². The van der Waals surface area contributed by atoms with Gasteiger partial charge in [0.1, 0.15) is 5.75 Å². The van der Waals surface area contributed by atoms with Gasteiger partial charge in [0.15, 0.2) is 0 Å². The number of nitrogen functional groups attached to an aromatic ring is 1. The summed E-state index contributed by atoms with van der Waals surface area (Å²) in [4.78, 5) is 17.1. The molecule has 3 rings (SSSR count). The topological polar surface area (TPSA) is 58.8 Å². The third-order valence-corrected chi connectivity index (χ3v) is 4.15. The van der Waals surface area contributed by atoms with Gasteiger partial charge in [0.2, 0.25) is 0 Å². The van der Waals surface area contributed by atoms with Crippen LogP contribution in [-0.4, -0.2) is 38.1 Å². The van der Waals surface area contributed by atoms with Crippen molar-refractivity contribution >= 4 is 17.3 Å². The first-order valence-electron chi connectivity index (χ1n) is 7.62. The number of para-hydroxylation sites is 1. The van der Waals surface area contributed by atoms with Crippen molar-refractivity contribution in [2.45, 2.75) is 6.54 Å². The highest BCUT2D eigenvalue weighted by molar-refractivity contribution is 6.07. The van der Waals surface area contributed by atoms with Crippen LogP contribution in [-0.2, 0) is 6.54 Å². The lowest BCUT2D eigenvalue weighted by Gasteiger charge is -2.23. The molecule has 0 aromatic heterocycles. The zero-order valence-electron chi connectivity index (χ0n) is 13.5. The normalized spacial score (nSPS) is 15.0. The molecule has 0 aliphatic carbocycles. The third-order valence-electron chi connectivity index (χ3n) is 4.15. The Morgan fingerprint density at radius 3 is 2.74 bits per heavy atom. The lowest BCUT2D eigenvalue weighted by atomic mass is 10.1. The molecule has 0 fully saturated rings. The smallest absolute Gasteiger partial charge is 0.258 e. The number of rotatable bonds is 2. The molecule has 5 heteroatoms. The highest BCUT2D eigenvalue weighted by Gasteiger charge is 2.24. The summed E-state index contributed by atoms with van der Waals surface area (Å²) in [6, 6.07) is 13.2. The van der Waals surface area contributed by atoms with Gasteiger partial charge < -0.3 is 20.3 Å². The van der Waals surface area contributed by atoms with E-state index in [4.69, 9.17) is 10.5 Å². The molecule has 1 aliphatic rings. The summed E-state index contributed by atoms with van der Waals surface area (Å²) in [5, 5.41) is 0. The second-order valence-electron chi connectivity index (χ2n) is 5.78. The van der Waals surface area contributed by atoms with Gasteiger partial charge in [0, 0.05) is 30.9 Å². The molecule has 0 radical (unpaired) electrons. The number of fused-ring (bicyclic) bond motifs is 1. The molecule has 0 saturated heterocycles. The number of anilines is 2. The van der Waals surface area contributed by atoms with Gasteiger partial charge in [-0.05, 0) is 36.9 Å². The molecule has 2 N–H and O–H groups in total. The fourth-order valence-corrected chi connectivity index (χ4v) is 2.88.